The SMILES string of the molecule is CCC(C)C(C(CC(=O)N1CCCC1C(OC)C(C)C(=O)NC(Cc1ccccc1)C(=O)NC)OC)N(C)C(=O)CNC(=O)C(C(C)C)N(C)C. The van der Waals surface area contributed by atoms with Gasteiger partial charge in [0.1, 0.15) is 6.04 Å². The standard InChI is InChI=1S/C38H64N6O7/c1-12-25(4)34(43(9)32(46)23-40-38(49)33(24(2)3)42(7)8)30(50-10)22-31(45)44-20-16-19-29(44)35(51-11)26(5)36(47)41-28(37(48)39-6)21-27-17-14-13-15-18-27/h13-15,17-18,24-26,28-30,33-35H,12,16,19-23H2,1-11H3,(H,39,48)(H,40,49)(H,41,47). The van der Waals surface area contributed by atoms with Crippen molar-refractivity contribution in [3.8, 4) is 0 Å². The lowest BCUT2D eigenvalue weighted by Crippen LogP contribution is -2.55. The minimum absolute atomic E-state index is 0.00782. The maximum absolute atomic E-state index is 14.0. The van der Waals surface area contributed by atoms with Crippen molar-refractivity contribution >= 4 is 29.5 Å². The highest BCUT2D eigenvalue weighted by Crippen LogP contribution is 2.29. The van der Waals surface area contributed by atoms with Gasteiger partial charge in [0.05, 0.1) is 49.2 Å². The molecule has 1 aliphatic rings. The first-order chi connectivity index (χ1) is 24.1. The highest BCUT2D eigenvalue weighted by atomic mass is 16.5. The highest BCUT2D eigenvalue weighted by Gasteiger charge is 2.42. The molecule has 1 heterocycles. The van der Waals surface area contributed by atoms with Crippen LogP contribution in [0.4, 0.5) is 0 Å². The zero-order chi connectivity index (χ0) is 38.4. The Morgan fingerprint density at radius 1 is 0.941 bits per heavy atom. The Kier molecular flexibility index (Phi) is 18.0. The van der Waals surface area contributed by atoms with E-state index in [1.165, 1.54) is 14.2 Å². The third-order valence-electron chi connectivity index (χ3n) is 10.3. The van der Waals surface area contributed by atoms with Crippen molar-refractivity contribution in [2.45, 2.75) is 103 Å². The number of amides is 5. The first-order valence-corrected chi connectivity index (χ1v) is 18.2. The number of likely N-dealkylation sites (tertiary alicyclic amines) is 1. The van der Waals surface area contributed by atoms with E-state index >= 15 is 0 Å². The monoisotopic (exact) mass is 716 g/mol. The number of nitrogens with one attached hydrogen (secondary N) is 3. The Labute approximate surface area is 305 Å². The number of likely N-dealkylation sites (N-methyl/N-ethyl adjacent to an activating group) is 3. The second-order valence-corrected chi connectivity index (χ2v) is 14.4. The molecule has 0 bridgehead atoms. The van der Waals surface area contributed by atoms with Crippen molar-refractivity contribution in [2.75, 3.05) is 55.5 Å². The molecule has 1 aromatic rings. The number of nitrogens with zero attached hydrogens (tertiary/aromatic N) is 3. The van der Waals surface area contributed by atoms with Gasteiger partial charge in [0.2, 0.25) is 29.5 Å². The van der Waals surface area contributed by atoms with E-state index in [1.54, 1.807) is 30.9 Å². The molecule has 8 unspecified atom stereocenters. The minimum Gasteiger partial charge on any atom is -0.379 e. The first kappa shape index (κ1) is 43.6. The average molecular weight is 717 g/mol. The van der Waals surface area contributed by atoms with Crippen LogP contribution in [0, 0.1) is 17.8 Å². The van der Waals surface area contributed by atoms with E-state index in [9.17, 15) is 24.0 Å². The molecule has 0 saturated carbocycles. The summed E-state index contributed by atoms with van der Waals surface area (Å²) in [5.74, 6) is -1.89. The predicted molar refractivity (Wildman–Crippen MR) is 198 cm³/mol. The molecular formula is C38H64N6O7. The second kappa shape index (κ2) is 21.1. The van der Waals surface area contributed by atoms with Crippen molar-refractivity contribution in [2.24, 2.45) is 17.8 Å². The van der Waals surface area contributed by atoms with Crippen LogP contribution >= 0.6 is 0 Å². The molecule has 3 N–H and O–H groups in total. The second-order valence-electron chi connectivity index (χ2n) is 14.4. The molecule has 0 aliphatic carbocycles. The number of carbonyl (C=O) groups excluding carboxylic acids is 5. The van der Waals surface area contributed by atoms with Crippen LogP contribution in [0.25, 0.3) is 0 Å². The summed E-state index contributed by atoms with van der Waals surface area (Å²) < 4.78 is 11.8. The van der Waals surface area contributed by atoms with Gasteiger partial charge in [0, 0.05) is 41.3 Å². The molecule has 1 aromatic carbocycles. The van der Waals surface area contributed by atoms with Gasteiger partial charge >= 0.3 is 0 Å². The Balaban J connectivity index is 2.19. The van der Waals surface area contributed by atoms with Crippen molar-refractivity contribution in [1.82, 2.24) is 30.7 Å². The lowest BCUT2D eigenvalue weighted by Gasteiger charge is -2.39. The Morgan fingerprint density at radius 2 is 1.59 bits per heavy atom. The molecule has 51 heavy (non-hydrogen) atoms. The molecule has 0 spiro atoms. The van der Waals surface area contributed by atoms with Crippen LogP contribution in [0.1, 0.15) is 65.9 Å². The van der Waals surface area contributed by atoms with E-state index in [0.717, 1.165) is 18.4 Å². The summed E-state index contributed by atoms with van der Waals surface area (Å²) in [6.07, 6.45) is 1.26. The molecule has 0 aromatic heterocycles. The van der Waals surface area contributed by atoms with Gasteiger partial charge in [-0.05, 0) is 44.3 Å². The number of benzene rings is 1. The van der Waals surface area contributed by atoms with Gasteiger partial charge in [-0.2, -0.15) is 0 Å². The van der Waals surface area contributed by atoms with E-state index in [1.807, 2.05) is 77.0 Å². The molecule has 5 amide bonds. The van der Waals surface area contributed by atoms with Crippen LogP contribution in [0.15, 0.2) is 30.3 Å². The molecule has 1 fully saturated rings. The van der Waals surface area contributed by atoms with Gasteiger partial charge in [-0.1, -0.05) is 71.4 Å². The fourth-order valence-electron chi connectivity index (χ4n) is 7.39. The molecule has 8 atom stereocenters. The number of carbonyl (C=O) groups is 5. The molecule has 2 rings (SSSR count). The van der Waals surface area contributed by atoms with Gasteiger partial charge in [0.25, 0.3) is 0 Å². The van der Waals surface area contributed by atoms with Crippen molar-refractivity contribution in [3.05, 3.63) is 35.9 Å². The number of rotatable bonds is 20. The van der Waals surface area contributed by atoms with E-state index < -0.39 is 30.2 Å². The minimum atomic E-state index is -0.774. The molecule has 288 valence electrons. The van der Waals surface area contributed by atoms with E-state index in [4.69, 9.17) is 9.47 Å². The number of hydrogen-bond acceptors (Lipinski definition) is 8. The van der Waals surface area contributed by atoms with Crippen LogP contribution in [-0.4, -0.2) is 136 Å². The molecule has 1 aliphatic heterocycles. The molecule has 0 radical (unpaired) electrons. The number of hydrogen-bond donors (Lipinski definition) is 3. The summed E-state index contributed by atoms with van der Waals surface area (Å²) in [6.45, 7) is 10.1. The van der Waals surface area contributed by atoms with Crippen LogP contribution in [0.2, 0.25) is 0 Å². The number of ether oxygens (including phenoxy) is 2. The summed E-state index contributed by atoms with van der Waals surface area (Å²) in [7, 11) is 9.98. The van der Waals surface area contributed by atoms with Crippen LogP contribution in [0.5, 0.6) is 0 Å². The van der Waals surface area contributed by atoms with Gasteiger partial charge in [-0.25, -0.2) is 0 Å². The average Bonchev–Trinajstić information content (AvgIpc) is 3.59. The zero-order valence-electron chi connectivity index (χ0n) is 32.7. The van der Waals surface area contributed by atoms with E-state index in [0.29, 0.717) is 19.4 Å². The first-order valence-electron chi connectivity index (χ1n) is 18.2. The molecular weight excluding hydrogens is 652 g/mol. The van der Waals surface area contributed by atoms with Gasteiger partial charge in [-0.15, -0.1) is 0 Å². The van der Waals surface area contributed by atoms with Crippen LogP contribution < -0.4 is 16.0 Å². The summed E-state index contributed by atoms with van der Waals surface area (Å²) in [5, 5.41) is 8.35. The smallest absolute Gasteiger partial charge is 0.242 e. The lowest BCUT2D eigenvalue weighted by atomic mass is 9.90. The topological polar surface area (TPSA) is 150 Å². The molecule has 13 heteroatoms. The summed E-state index contributed by atoms with van der Waals surface area (Å²) in [6, 6.07) is 7.54. The maximum atomic E-state index is 14.0. The fraction of sp³-hybridized carbons (Fsp3) is 0.711. The third kappa shape index (κ3) is 12.0. The zero-order valence-corrected chi connectivity index (χ0v) is 32.7. The molecule has 13 nitrogen and oxygen atoms in total. The Morgan fingerprint density at radius 3 is 2.12 bits per heavy atom. The van der Waals surface area contributed by atoms with Gasteiger partial charge in [0.15, 0.2) is 0 Å². The van der Waals surface area contributed by atoms with Crippen LogP contribution in [-0.2, 0) is 39.9 Å². The van der Waals surface area contributed by atoms with Crippen molar-refractivity contribution in [3.63, 3.8) is 0 Å². The summed E-state index contributed by atoms with van der Waals surface area (Å²) in [5.41, 5.74) is 0.916. The summed E-state index contributed by atoms with van der Waals surface area (Å²) in [4.78, 5) is 72.0. The largest absolute Gasteiger partial charge is 0.379 e. The quantitative estimate of drug-likeness (QED) is 0.186. The van der Waals surface area contributed by atoms with E-state index in [2.05, 4.69) is 16.0 Å². The van der Waals surface area contributed by atoms with E-state index in [-0.39, 0.29) is 66.4 Å². The Bertz CT molecular complexity index is 1270. The molecule has 1 saturated heterocycles. The normalized spacial score (nSPS) is 18.7. The highest BCUT2D eigenvalue weighted by molar-refractivity contribution is 5.89. The van der Waals surface area contributed by atoms with Crippen LogP contribution in [0.3, 0.4) is 0 Å². The predicted octanol–water partition coefficient (Wildman–Crippen LogP) is 2.08. The third-order valence-corrected chi connectivity index (χ3v) is 10.3. The Hall–Kier alpha value is -3.55. The van der Waals surface area contributed by atoms with Crippen molar-refractivity contribution in [1.29, 1.82) is 0 Å². The van der Waals surface area contributed by atoms with Crippen molar-refractivity contribution < 1.29 is 33.4 Å². The fourth-order valence-corrected chi connectivity index (χ4v) is 7.39. The number of methoxy groups -OCH3 is 2. The van der Waals surface area contributed by atoms with Gasteiger partial charge < -0.3 is 35.2 Å². The lowest BCUT2D eigenvalue weighted by molar-refractivity contribution is -0.146. The maximum Gasteiger partial charge on any atom is 0.242 e. The van der Waals surface area contributed by atoms with Gasteiger partial charge in [-0.3, -0.25) is 28.9 Å². The summed E-state index contributed by atoms with van der Waals surface area (Å²) >= 11 is 0.